The first kappa shape index (κ1) is 16.6. The molecule has 1 N–H and O–H groups in total. The largest absolute Gasteiger partial charge is 0.359 e. The Balaban J connectivity index is 1.88. The number of hydrogen-bond donors (Lipinski definition) is 1. The Morgan fingerprint density at radius 2 is 1.96 bits per heavy atom. The van der Waals surface area contributed by atoms with E-state index in [2.05, 4.69) is 22.0 Å². The number of hydrogen-bond acceptors (Lipinski definition) is 3. The van der Waals surface area contributed by atoms with Crippen LogP contribution in [0.4, 0.5) is 5.95 Å². The van der Waals surface area contributed by atoms with Gasteiger partial charge in [0.2, 0.25) is 11.2 Å². The van der Waals surface area contributed by atoms with Gasteiger partial charge in [-0.15, -0.1) is 0 Å². The lowest BCUT2D eigenvalue weighted by Gasteiger charge is -2.22. The van der Waals surface area contributed by atoms with E-state index in [-0.39, 0.29) is 11.2 Å². The number of H-pyrrole nitrogens is 1. The summed E-state index contributed by atoms with van der Waals surface area (Å²) < 4.78 is 4.94. The van der Waals surface area contributed by atoms with Crippen LogP contribution >= 0.6 is 0 Å². The standard InChI is InChI=1S/C19H23N5O2/c1-3-10-24-17(25)15-16(21(2)19(24)26)20-18-22(11-7-12-23(15)18)13-14-8-5-4-6-9-14/h4-6,8-9H,3,7,10-13H2,1-2H3/p+1. The van der Waals surface area contributed by atoms with E-state index in [9.17, 15) is 9.59 Å². The highest BCUT2D eigenvalue weighted by molar-refractivity contribution is 5.68. The van der Waals surface area contributed by atoms with Gasteiger partial charge < -0.3 is 0 Å². The molecule has 3 heterocycles. The molecule has 0 saturated carbocycles. The molecule has 0 atom stereocenters. The first-order valence-corrected chi connectivity index (χ1v) is 9.16. The lowest BCUT2D eigenvalue weighted by molar-refractivity contribution is -0.663. The molecular formula is C19H24N5O2+. The van der Waals surface area contributed by atoms with Gasteiger partial charge in [-0.3, -0.25) is 18.8 Å². The molecule has 4 rings (SSSR count). The number of fused-ring (bicyclic) bond motifs is 3. The van der Waals surface area contributed by atoms with Crippen molar-refractivity contribution in [2.75, 3.05) is 11.4 Å². The number of aromatic nitrogens is 4. The molecule has 0 unspecified atom stereocenters. The van der Waals surface area contributed by atoms with E-state index in [1.807, 2.05) is 29.7 Å². The quantitative estimate of drug-likeness (QED) is 0.715. The molecule has 0 spiro atoms. The number of anilines is 1. The van der Waals surface area contributed by atoms with Gasteiger partial charge in [0.1, 0.15) is 0 Å². The van der Waals surface area contributed by atoms with Gasteiger partial charge in [0, 0.05) is 20.0 Å². The Hall–Kier alpha value is -2.83. The van der Waals surface area contributed by atoms with E-state index in [0.717, 1.165) is 38.4 Å². The van der Waals surface area contributed by atoms with Gasteiger partial charge >= 0.3 is 11.6 Å². The number of nitrogens with one attached hydrogen (secondary N) is 1. The van der Waals surface area contributed by atoms with Crippen LogP contribution in [0.5, 0.6) is 0 Å². The molecule has 0 saturated heterocycles. The van der Waals surface area contributed by atoms with E-state index in [4.69, 9.17) is 0 Å². The van der Waals surface area contributed by atoms with Crippen molar-refractivity contribution < 1.29 is 4.57 Å². The van der Waals surface area contributed by atoms with Crippen molar-refractivity contribution in [1.29, 1.82) is 0 Å². The van der Waals surface area contributed by atoms with E-state index >= 15 is 0 Å². The highest BCUT2D eigenvalue weighted by Crippen LogP contribution is 2.19. The van der Waals surface area contributed by atoms with Crippen molar-refractivity contribution in [3.8, 4) is 0 Å². The topological polar surface area (TPSA) is 66.9 Å². The van der Waals surface area contributed by atoms with Crippen LogP contribution in [-0.2, 0) is 26.7 Å². The predicted octanol–water partition coefficient (Wildman–Crippen LogP) is 1.14. The molecule has 0 amide bonds. The molecule has 0 bridgehead atoms. The average molecular weight is 354 g/mol. The number of aromatic amines is 1. The van der Waals surface area contributed by atoms with Crippen LogP contribution < -0.4 is 20.7 Å². The average Bonchev–Trinajstić information content (AvgIpc) is 3.05. The minimum atomic E-state index is -0.266. The van der Waals surface area contributed by atoms with E-state index in [1.54, 1.807) is 11.6 Å². The van der Waals surface area contributed by atoms with Crippen LogP contribution in [0.2, 0.25) is 0 Å². The summed E-state index contributed by atoms with van der Waals surface area (Å²) in [5, 5.41) is 0. The van der Waals surface area contributed by atoms with Crippen molar-refractivity contribution in [1.82, 2.24) is 14.1 Å². The molecule has 7 heteroatoms. The number of nitrogens with zero attached hydrogens (tertiary/aromatic N) is 4. The molecule has 1 aromatic carbocycles. The fourth-order valence-electron chi connectivity index (χ4n) is 3.79. The third-order valence-electron chi connectivity index (χ3n) is 5.05. The lowest BCUT2D eigenvalue weighted by atomic mass is 10.2. The van der Waals surface area contributed by atoms with Gasteiger partial charge in [-0.2, -0.15) is 0 Å². The van der Waals surface area contributed by atoms with Crippen LogP contribution in [0.1, 0.15) is 25.3 Å². The Bertz CT molecular complexity index is 1060. The molecule has 1 aliphatic heterocycles. The SMILES string of the molecule is CCCn1c(=O)c2c([nH]c3[n+]2CCCN3Cc2ccccc2)n(C)c1=O. The molecular weight excluding hydrogens is 330 g/mol. The molecule has 2 aromatic heterocycles. The fraction of sp³-hybridized carbons (Fsp3) is 0.421. The number of imidazole rings is 1. The van der Waals surface area contributed by atoms with Crippen molar-refractivity contribution in [2.24, 2.45) is 7.05 Å². The molecule has 26 heavy (non-hydrogen) atoms. The van der Waals surface area contributed by atoms with Gasteiger partial charge in [-0.25, -0.2) is 14.3 Å². The van der Waals surface area contributed by atoms with E-state index < -0.39 is 0 Å². The minimum Gasteiger partial charge on any atom is -0.267 e. The van der Waals surface area contributed by atoms with E-state index in [0.29, 0.717) is 17.7 Å². The highest BCUT2D eigenvalue weighted by atomic mass is 16.2. The van der Waals surface area contributed by atoms with Gasteiger partial charge in [0.25, 0.3) is 5.56 Å². The van der Waals surface area contributed by atoms with Crippen LogP contribution in [0.3, 0.4) is 0 Å². The third-order valence-corrected chi connectivity index (χ3v) is 5.05. The summed E-state index contributed by atoms with van der Waals surface area (Å²) in [4.78, 5) is 31.1. The van der Waals surface area contributed by atoms with E-state index in [1.165, 1.54) is 10.1 Å². The summed E-state index contributed by atoms with van der Waals surface area (Å²) in [6, 6.07) is 10.3. The maximum atomic E-state index is 13.0. The zero-order valence-corrected chi connectivity index (χ0v) is 15.2. The Morgan fingerprint density at radius 1 is 1.19 bits per heavy atom. The number of aryl methyl sites for hydroxylation is 2. The van der Waals surface area contributed by atoms with Gasteiger partial charge in [0.05, 0.1) is 19.6 Å². The Labute approximate surface area is 151 Å². The zero-order valence-electron chi connectivity index (χ0n) is 15.2. The molecule has 136 valence electrons. The summed E-state index contributed by atoms with van der Waals surface area (Å²) in [6.45, 7) is 4.87. The molecule has 1 aliphatic rings. The second kappa shape index (κ2) is 6.48. The van der Waals surface area contributed by atoms with Crippen molar-refractivity contribution >= 4 is 17.1 Å². The summed E-state index contributed by atoms with van der Waals surface area (Å²) in [5.74, 6) is 0.899. The minimum absolute atomic E-state index is 0.200. The van der Waals surface area contributed by atoms with Crippen LogP contribution in [-0.4, -0.2) is 20.7 Å². The molecule has 0 aliphatic carbocycles. The summed E-state index contributed by atoms with van der Waals surface area (Å²) in [6.07, 6.45) is 1.71. The zero-order chi connectivity index (χ0) is 18.3. The van der Waals surface area contributed by atoms with Gasteiger partial charge in [0.15, 0.2) is 0 Å². The molecule has 0 fully saturated rings. The molecule has 0 radical (unpaired) electrons. The van der Waals surface area contributed by atoms with Crippen molar-refractivity contribution in [3.05, 3.63) is 56.7 Å². The van der Waals surface area contributed by atoms with Crippen molar-refractivity contribution in [3.63, 3.8) is 0 Å². The first-order valence-electron chi connectivity index (χ1n) is 9.16. The third kappa shape index (κ3) is 2.55. The highest BCUT2D eigenvalue weighted by Gasteiger charge is 2.32. The number of benzene rings is 1. The molecule has 7 nitrogen and oxygen atoms in total. The Kier molecular flexibility index (Phi) is 4.14. The maximum Gasteiger partial charge on any atom is 0.359 e. The fourth-order valence-corrected chi connectivity index (χ4v) is 3.79. The summed E-state index contributed by atoms with van der Waals surface area (Å²) in [5.41, 5.74) is 1.94. The normalized spacial score (nSPS) is 14.0. The second-order valence-corrected chi connectivity index (χ2v) is 6.86. The summed E-state index contributed by atoms with van der Waals surface area (Å²) in [7, 11) is 1.72. The number of rotatable bonds is 4. The lowest BCUT2D eigenvalue weighted by Crippen LogP contribution is -2.50. The van der Waals surface area contributed by atoms with Crippen LogP contribution in [0, 0.1) is 0 Å². The van der Waals surface area contributed by atoms with Crippen LogP contribution in [0.25, 0.3) is 11.2 Å². The van der Waals surface area contributed by atoms with Crippen LogP contribution in [0.15, 0.2) is 39.9 Å². The van der Waals surface area contributed by atoms with Gasteiger partial charge in [-0.1, -0.05) is 37.3 Å². The Morgan fingerprint density at radius 3 is 2.69 bits per heavy atom. The summed E-state index contributed by atoms with van der Waals surface area (Å²) >= 11 is 0. The molecule has 3 aromatic rings. The smallest absolute Gasteiger partial charge is 0.267 e. The monoisotopic (exact) mass is 354 g/mol. The van der Waals surface area contributed by atoms with Crippen molar-refractivity contribution in [2.45, 2.75) is 39.4 Å². The van der Waals surface area contributed by atoms with Gasteiger partial charge in [-0.05, 0) is 12.0 Å². The second-order valence-electron chi connectivity index (χ2n) is 6.86. The maximum absolute atomic E-state index is 13.0. The first-order chi connectivity index (χ1) is 12.6. The predicted molar refractivity (Wildman–Crippen MR) is 100 cm³/mol.